The molecule has 0 bridgehead atoms. The predicted octanol–water partition coefficient (Wildman–Crippen LogP) is 3.90. The summed E-state index contributed by atoms with van der Waals surface area (Å²) in [4.78, 5) is 18.4. The molecule has 0 spiro atoms. The highest BCUT2D eigenvalue weighted by atomic mass is 32.2. The van der Waals surface area contributed by atoms with Crippen molar-refractivity contribution in [2.45, 2.75) is 13.8 Å². The lowest BCUT2D eigenvalue weighted by Crippen LogP contribution is -2.23. The van der Waals surface area contributed by atoms with E-state index in [0.29, 0.717) is 10.1 Å². The standard InChI is InChI=1S/C18H17F2N3OS/c1-10-7-12(8-16-17(24)22(4)18(21-3)25-16)11(2)23(10)15-6-5-13(19)9-14(15)20/h5-9H,1-4H3/b16-8+,21-18?. The van der Waals surface area contributed by atoms with Crippen LogP contribution in [0.2, 0.25) is 0 Å². The summed E-state index contributed by atoms with van der Waals surface area (Å²) in [5.41, 5.74) is 2.65. The van der Waals surface area contributed by atoms with Crippen molar-refractivity contribution in [1.82, 2.24) is 9.47 Å². The van der Waals surface area contributed by atoms with Gasteiger partial charge >= 0.3 is 0 Å². The quantitative estimate of drug-likeness (QED) is 0.761. The number of nitrogens with zero attached hydrogens (tertiary/aromatic N) is 3. The van der Waals surface area contributed by atoms with E-state index in [9.17, 15) is 13.6 Å². The molecule has 1 aliphatic rings. The van der Waals surface area contributed by atoms with Gasteiger partial charge in [0, 0.05) is 31.5 Å². The summed E-state index contributed by atoms with van der Waals surface area (Å²) in [6, 6.07) is 5.37. The Labute approximate surface area is 148 Å². The second-order valence-corrected chi connectivity index (χ2v) is 6.75. The van der Waals surface area contributed by atoms with Gasteiger partial charge in [-0.2, -0.15) is 0 Å². The minimum atomic E-state index is -0.632. The summed E-state index contributed by atoms with van der Waals surface area (Å²) >= 11 is 1.30. The van der Waals surface area contributed by atoms with E-state index in [1.807, 2.05) is 19.9 Å². The number of carbonyl (C=O) groups excluding carboxylic acids is 1. The van der Waals surface area contributed by atoms with Crippen molar-refractivity contribution in [2.75, 3.05) is 14.1 Å². The molecular formula is C18H17F2N3OS. The SMILES string of the molecule is CN=C1S/C(=C/c2cc(C)n(-c3ccc(F)cc3F)c2C)C(=O)N1C. The van der Waals surface area contributed by atoms with Crippen molar-refractivity contribution in [1.29, 1.82) is 0 Å². The molecule has 0 unspecified atom stereocenters. The first kappa shape index (κ1) is 17.4. The number of benzene rings is 1. The van der Waals surface area contributed by atoms with Crippen LogP contribution in [0.4, 0.5) is 8.78 Å². The molecule has 1 fully saturated rings. The maximum absolute atomic E-state index is 14.2. The molecule has 1 amide bonds. The molecule has 1 aromatic carbocycles. The summed E-state index contributed by atoms with van der Waals surface area (Å²) in [6.45, 7) is 3.68. The number of amidine groups is 1. The Morgan fingerprint density at radius 2 is 1.92 bits per heavy atom. The zero-order valence-electron chi connectivity index (χ0n) is 14.3. The highest BCUT2D eigenvalue weighted by Gasteiger charge is 2.30. The molecule has 0 saturated carbocycles. The average molecular weight is 361 g/mol. The fourth-order valence-electron chi connectivity index (χ4n) is 2.86. The Hall–Kier alpha value is -2.41. The molecule has 1 aliphatic heterocycles. The molecule has 7 heteroatoms. The second kappa shape index (κ2) is 6.48. The largest absolute Gasteiger partial charge is 0.315 e. The number of carbonyl (C=O) groups is 1. The Bertz CT molecular complexity index is 931. The number of rotatable bonds is 2. The molecule has 25 heavy (non-hydrogen) atoms. The number of hydrogen-bond acceptors (Lipinski definition) is 3. The number of hydrogen-bond donors (Lipinski definition) is 0. The van der Waals surface area contributed by atoms with Gasteiger partial charge in [-0.05, 0) is 55.4 Å². The van der Waals surface area contributed by atoms with E-state index in [1.54, 1.807) is 24.7 Å². The van der Waals surface area contributed by atoms with Crippen LogP contribution in [0.1, 0.15) is 17.0 Å². The van der Waals surface area contributed by atoms with Gasteiger partial charge in [-0.15, -0.1) is 0 Å². The van der Waals surface area contributed by atoms with Crippen LogP contribution in [0.15, 0.2) is 34.2 Å². The van der Waals surface area contributed by atoms with Crippen LogP contribution >= 0.6 is 11.8 Å². The van der Waals surface area contributed by atoms with Gasteiger partial charge in [0.1, 0.15) is 11.6 Å². The number of likely N-dealkylation sites (N-methyl/N-ethyl adjacent to an activating group) is 1. The molecular weight excluding hydrogens is 344 g/mol. The van der Waals surface area contributed by atoms with Crippen LogP contribution < -0.4 is 0 Å². The molecule has 3 rings (SSSR count). The Morgan fingerprint density at radius 3 is 2.52 bits per heavy atom. The van der Waals surface area contributed by atoms with Crippen molar-refractivity contribution in [3.05, 3.63) is 57.8 Å². The van der Waals surface area contributed by atoms with Crippen LogP contribution in [0.3, 0.4) is 0 Å². The number of aromatic nitrogens is 1. The van der Waals surface area contributed by atoms with E-state index in [-0.39, 0.29) is 11.6 Å². The van der Waals surface area contributed by atoms with Crippen molar-refractivity contribution < 1.29 is 13.6 Å². The van der Waals surface area contributed by atoms with Gasteiger partial charge in [0.05, 0.1) is 10.6 Å². The minimum absolute atomic E-state index is 0.122. The highest BCUT2D eigenvalue weighted by Crippen LogP contribution is 2.33. The Morgan fingerprint density at radius 1 is 1.20 bits per heavy atom. The lowest BCUT2D eigenvalue weighted by molar-refractivity contribution is -0.121. The van der Waals surface area contributed by atoms with Gasteiger partial charge in [-0.25, -0.2) is 8.78 Å². The van der Waals surface area contributed by atoms with E-state index >= 15 is 0 Å². The first-order valence-corrected chi connectivity index (χ1v) is 8.44. The van der Waals surface area contributed by atoms with E-state index in [1.165, 1.54) is 28.8 Å². The molecule has 0 radical (unpaired) electrons. The van der Waals surface area contributed by atoms with Crippen molar-refractivity contribution >= 4 is 28.9 Å². The Kier molecular flexibility index (Phi) is 4.51. The number of aryl methyl sites for hydroxylation is 1. The highest BCUT2D eigenvalue weighted by molar-refractivity contribution is 8.18. The van der Waals surface area contributed by atoms with E-state index in [2.05, 4.69) is 4.99 Å². The summed E-state index contributed by atoms with van der Waals surface area (Å²) in [7, 11) is 3.31. The zero-order chi connectivity index (χ0) is 18.3. The number of halogens is 2. The van der Waals surface area contributed by atoms with Gasteiger partial charge in [-0.1, -0.05) is 0 Å². The summed E-state index contributed by atoms with van der Waals surface area (Å²) in [6.07, 6.45) is 1.78. The van der Waals surface area contributed by atoms with Crippen molar-refractivity contribution in [2.24, 2.45) is 4.99 Å². The lowest BCUT2D eigenvalue weighted by atomic mass is 10.2. The first-order valence-electron chi connectivity index (χ1n) is 7.62. The van der Waals surface area contributed by atoms with Gasteiger partial charge in [0.15, 0.2) is 5.17 Å². The van der Waals surface area contributed by atoms with E-state index < -0.39 is 11.6 Å². The van der Waals surface area contributed by atoms with Gasteiger partial charge in [0.2, 0.25) is 0 Å². The molecule has 0 atom stereocenters. The van der Waals surface area contributed by atoms with Gasteiger partial charge in [-0.3, -0.25) is 14.7 Å². The fraction of sp³-hybridized carbons (Fsp3) is 0.222. The number of thioether (sulfide) groups is 1. The summed E-state index contributed by atoms with van der Waals surface area (Å²) in [5, 5.41) is 0.634. The average Bonchev–Trinajstić information content (AvgIpc) is 2.99. The topological polar surface area (TPSA) is 37.6 Å². The molecule has 0 aliphatic carbocycles. The minimum Gasteiger partial charge on any atom is -0.315 e. The van der Waals surface area contributed by atoms with Crippen molar-refractivity contribution in [3.8, 4) is 5.69 Å². The molecule has 2 heterocycles. The maximum Gasteiger partial charge on any atom is 0.266 e. The summed E-state index contributed by atoms with van der Waals surface area (Å²) < 4.78 is 29.1. The third-order valence-corrected chi connectivity index (χ3v) is 5.25. The van der Waals surface area contributed by atoms with Crippen LogP contribution in [0, 0.1) is 25.5 Å². The zero-order valence-corrected chi connectivity index (χ0v) is 15.1. The molecule has 0 N–H and O–H groups in total. The van der Waals surface area contributed by atoms with Crippen LogP contribution in [-0.2, 0) is 4.79 Å². The van der Waals surface area contributed by atoms with Crippen molar-refractivity contribution in [3.63, 3.8) is 0 Å². The Balaban J connectivity index is 2.07. The van der Waals surface area contributed by atoms with Gasteiger partial charge in [0.25, 0.3) is 5.91 Å². The normalized spacial score (nSPS) is 18.0. The third kappa shape index (κ3) is 3.00. The third-order valence-electron chi connectivity index (χ3n) is 4.10. The number of aliphatic imine (C=N–C) groups is 1. The number of amides is 1. The predicted molar refractivity (Wildman–Crippen MR) is 96.9 cm³/mol. The molecule has 1 aromatic heterocycles. The molecule has 4 nitrogen and oxygen atoms in total. The van der Waals surface area contributed by atoms with Crippen LogP contribution in [-0.4, -0.2) is 34.6 Å². The maximum atomic E-state index is 14.2. The van der Waals surface area contributed by atoms with E-state index in [0.717, 1.165) is 23.0 Å². The molecule has 2 aromatic rings. The van der Waals surface area contributed by atoms with Crippen LogP contribution in [0.25, 0.3) is 11.8 Å². The summed E-state index contributed by atoms with van der Waals surface area (Å²) in [5.74, 6) is -1.37. The fourth-order valence-corrected chi connectivity index (χ4v) is 3.78. The lowest BCUT2D eigenvalue weighted by Gasteiger charge is -2.10. The molecule has 130 valence electrons. The van der Waals surface area contributed by atoms with Gasteiger partial charge < -0.3 is 4.57 Å². The smallest absolute Gasteiger partial charge is 0.266 e. The second-order valence-electron chi connectivity index (χ2n) is 5.74. The molecule has 1 saturated heterocycles. The van der Waals surface area contributed by atoms with Crippen LogP contribution in [0.5, 0.6) is 0 Å². The first-order chi connectivity index (χ1) is 11.8. The monoisotopic (exact) mass is 361 g/mol. The van der Waals surface area contributed by atoms with E-state index in [4.69, 9.17) is 0 Å².